The molecule has 7 heteroatoms. The van der Waals surface area contributed by atoms with Crippen molar-refractivity contribution >= 4 is 23.4 Å². The van der Waals surface area contributed by atoms with Crippen molar-refractivity contribution in [1.29, 1.82) is 0 Å². The molecule has 1 saturated heterocycles. The van der Waals surface area contributed by atoms with Gasteiger partial charge in [0.2, 0.25) is 5.91 Å². The summed E-state index contributed by atoms with van der Waals surface area (Å²) in [6.45, 7) is 0.828. The Morgan fingerprint density at radius 2 is 2.12 bits per heavy atom. The SMILES string of the molecule is O=C(c1ccc(Cl)nc1)N1CC(=O)N2CCc3c(F)cccc3C2C1. The quantitative estimate of drug-likeness (QED) is 0.735. The van der Waals surface area contributed by atoms with Crippen molar-refractivity contribution in [2.45, 2.75) is 12.5 Å². The Balaban J connectivity index is 1.65. The van der Waals surface area contributed by atoms with Crippen molar-refractivity contribution in [1.82, 2.24) is 14.8 Å². The first kappa shape index (κ1) is 16.0. The van der Waals surface area contributed by atoms with E-state index >= 15 is 0 Å². The number of amides is 2. The molecule has 0 bridgehead atoms. The second-order valence-electron chi connectivity index (χ2n) is 6.22. The molecule has 4 rings (SSSR count). The van der Waals surface area contributed by atoms with Crippen LogP contribution in [0.3, 0.4) is 0 Å². The second kappa shape index (κ2) is 6.11. The van der Waals surface area contributed by atoms with Crippen LogP contribution in [-0.2, 0) is 11.2 Å². The molecule has 2 amide bonds. The lowest BCUT2D eigenvalue weighted by Crippen LogP contribution is -2.55. The Bertz CT molecular complexity index is 856. The number of rotatable bonds is 1. The lowest BCUT2D eigenvalue weighted by Gasteiger charge is -2.44. The van der Waals surface area contributed by atoms with Gasteiger partial charge in [0.1, 0.15) is 17.5 Å². The average Bonchev–Trinajstić information content (AvgIpc) is 2.62. The molecule has 3 heterocycles. The first-order valence-corrected chi connectivity index (χ1v) is 8.40. The van der Waals surface area contributed by atoms with E-state index in [1.165, 1.54) is 23.2 Å². The number of benzene rings is 1. The normalized spacial score (nSPS) is 19.4. The van der Waals surface area contributed by atoms with Gasteiger partial charge in [0.15, 0.2) is 0 Å². The fourth-order valence-electron chi connectivity index (χ4n) is 3.57. The monoisotopic (exact) mass is 359 g/mol. The minimum Gasteiger partial charge on any atom is -0.332 e. The number of hydrogen-bond acceptors (Lipinski definition) is 3. The zero-order valence-corrected chi connectivity index (χ0v) is 14.0. The van der Waals surface area contributed by atoms with Crippen LogP contribution in [0.15, 0.2) is 36.5 Å². The molecular weight excluding hydrogens is 345 g/mol. The predicted molar refractivity (Wildman–Crippen MR) is 89.7 cm³/mol. The molecule has 1 unspecified atom stereocenters. The second-order valence-corrected chi connectivity index (χ2v) is 6.60. The van der Waals surface area contributed by atoms with Crippen LogP contribution in [0.2, 0.25) is 5.15 Å². The highest BCUT2D eigenvalue weighted by Gasteiger charge is 2.39. The van der Waals surface area contributed by atoms with Crippen LogP contribution in [0.1, 0.15) is 27.5 Å². The first-order valence-electron chi connectivity index (χ1n) is 8.02. The van der Waals surface area contributed by atoms with Crippen molar-refractivity contribution < 1.29 is 14.0 Å². The van der Waals surface area contributed by atoms with Crippen LogP contribution in [0.25, 0.3) is 0 Å². The van der Waals surface area contributed by atoms with Gasteiger partial charge in [0, 0.05) is 19.3 Å². The zero-order chi connectivity index (χ0) is 17.6. The van der Waals surface area contributed by atoms with E-state index in [-0.39, 0.29) is 30.2 Å². The van der Waals surface area contributed by atoms with E-state index in [1.807, 2.05) is 6.07 Å². The highest BCUT2D eigenvalue weighted by atomic mass is 35.5. The summed E-state index contributed by atoms with van der Waals surface area (Å²) in [6, 6.07) is 7.72. The number of nitrogens with zero attached hydrogens (tertiary/aromatic N) is 3. The number of pyridine rings is 1. The van der Waals surface area contributed by atoms with Crippen molar-refractivity contribution in [2.75, 3.05) is 19.6 Å². The molecule has 0 radical (unpaired) electrons. The fourth-order valence-corrected chi connectivity index (χ4v) is 3.68. The molecule has 2 aliphatic rings. The molecular formula is C18H15ClFN3O2. The van der Waals surface area contributed by atoms with Crippen LogP contribution < -0.4 is 0 Å². The molecule has 0 spiro atoms. The van der Waals surface area contributed by atoms with E-state index in [0.717, 1.165) is 5.56 Å². The van der Waals surface area contributed by atoms with Gasteiger partial charge >= 0.3 is 0 Å². The molecule has 0 aliphatic carbocycles. The van der Waals surface area contributed by atoms with E-state index < -0.39 is 0 Å². The molecule has 0 N–H and O–H groups in total. The minimum absolute atomic E-state index is 0.0165. The van der Waals surface area contributed by atoms with E-state index in [2.05, 4.69) is 4.98 Å². The molecule has 1 aromatic carbocycles. The number of aromatic nitrogens is 1. The third-order valence-electron chi connectivity index (χ3n) is 4.79. The average molecular weight is 360 g/mol. The molecule has 0 saturated carbocycles. The molecule has 5 nitrogen and oxygen atoms in total. The van der Waals surface area contributed by atoms with E-state index in [9.17, 15) is 14.0 Å². The molecule has 1 aromatic heterocycles. The van der Waals surface area contributed by atoms with Gasteiger partial charge in [-0.2, -0.15) is 0 Å². The highest BCUT2D eigenvalue weighted by molar-refractivity contribution is 6.29. The van der Waals surface area contributed by atoms with Crippen LogP contribution in [-0.4, -0.2) is 46.2 Å². The fraction of sp³-hybridized carbons (Fsp3) is 0.278. The Morgan fingerprint density at radius 1 is 1.28 bits per heavy atom. The van der Waals surface area contributed by atoms with Crippen molar-refractivity contribution in [3.05, 3.63) is 64.2 Å². The maximum Gasteiger partial charge on any atom is 0.255 e. The minimum atomic E-state index is -0.315. The van der Waals surface area contributed by atoms with E-state index in [1.54, 1.807) is 17.0 Å². The maximum atomic E-state index is 14.1. The van der Waals surface area contributed by atoms with Gasteiger partial charge in [-0.25, -0.2) is 9.37 Å². The standard InChI is InChI=1S/C18H15ClFN3O2/c19-16-5-4-11(8-21-16)18(25)22-9-15-13-2-1-3-14(20)12(13)6-7-23(15)17(24)10-22/h1-5,8,15H,6-7,9-10H2. The van der Waals surface area contributed by atoms with Crippen molar-refractivity contribution in [2.24, 2.45) is 0 Å². The van der Waals surface area contributed by atoms with Crippen LogP contribution in [0.5, 0.6) is 0 Å². The number of hydrogen-bond donors (Lipinski definition) is 0. The van der Waals surface area contributed by atoms with Crippen molar-refractivity contribution in [3.8, 4) is 0 Å². The zero-order valence-electron chi connectivity index (χ0n) is 13.3. The molecule has 1 atom stereocenters. The molecule has 1 fully saturated rings. The third-order valence-corrected chi connectivity index (χ3v) is 5.02. The van der Waals surface area contributed by atoms with Gasteiger partial charge in [-0.15, -0.1) is 0 Å². The van der Waals surface area contributed by atoms with Crippen molar-refractivity contribution in [3.63, 3.8) is 0 Å². The first-order chi connectivity index (χ1) is 12.0. The van der Waals surface area contributed by atoms with E-state index in [0.29, 0.717) is 35.8 Å². The molecule has 128 valence electrons. The number of piperazine rings is 1. The predicted octanol–water partition coefficient (Wildman–Crippen LogP) is 2.46. The van der Waals surface area contributed by atoms with Gasteiger partial charge < -0.3 is 9.80 Å². The summed E-state index contributed by atoms with van der Waals surface area (Å²) in [5, 5.41) is 0.300. The number of carbonyl (C=O) groups is 2. The highest BCUT2D eigenvalue weighted by Crippen LogP contribution is 2.34. The Labute approximate surface area is 149 Å². The summed E-state index contributed by atoms with van der Waals surface area (Å²) in [7, 11) is 0. The van der Waals surface area contributed by atoms with Crippen LogP contribution in [0, 0.1) is 5.82 Å². The summed E-state index contributed by atoms with van der Waals surface area (Å²) < 4.78 is 14.1. The van der Waals surface area contributed by atoms with E-state index in [4.69, 9.17) is 11.6 Å². The van der Waals surface area contributed by atoms with Crippen LogP contribution >= 0.6 is 11.6 Å². The van der Waals surface area contributed by atoms with Gasteiger partial charge in [-0.05, 0) is 35.7 Å². The molecule has 2 aliphatic heterocycles. The summed E-state index contributed by atoms with van der Waals surface area (Å²) in [5.74, 6) is -0.655. The number of fused-ring (bicyclic) bond motifs is 3. The Morgan fingerprint density at radius 3 is 2.88 bits per heavy atom. The topological polar surface area (TPSA) is 53.5 Å². The van der Waals surface area contributed by atoms with Gasteiger partial charge in [0.05, 0.1) is 11.6 Å². The number of carbonyl (C=O) groups excluding carboxylic acids is 2. The third kappa shape index (κ3) is 2.76. The summed E-state index contributed by atoms with van der Waals surface area (Å²) in [6.07, 6.45) is 1.90. The Kier molecular flexibility index (Phi) is 3.92. The smallest absolute Gasteiger partial charge is 0.255 e. The van der Waals surface area contributed by atoms with Gasteiger partial charge in [-0.3, -0.25) is 9.59 Å². The summed E-state index contributed by atoms with van der Waals surface area (Å²) >= 11 is 5.76. The largest absolute Gasteiger partial charge is 0.332 e. The lowest BCUT2D eigenvalue weighted by atomic mass is 9.90. The maximum absolute atomic E-state index is 14.1. The van der Waals surface area contributed by atoms with Gasteiger partial charge in [0.25, 0.3) is 5.91 Å². The molecule has 2 aromatic rings. The number of halogens is 2. The summed E-state index contributed by atoms with van der Waals surface area (Å²) in [5.41, 5.74) is 1.80. The summed E-state index contributed by atoms with van der Waals surface area (Å²) in [4.78, 5) is 32.4. The Hall–Kier alpha value is -2.47. The lowest BCUT2D eigenvalue weighted by molar-refractivity contribution is -0.139. The van der Waals surface area contributed by atoms with Gasteiger partial charge in [-0.1, -0.05) is 23.7 Å². The molecule has 25 heavy (non-hydrogen) atoms. The van der Waals surface area contributed by atoms with Crippen LogP contribution in [0.4, 0.5) is 4.39 Å².